The summed E-state index contributed by atoms with van der Waals surface area (Å²) in [5.74, 6) is 0.142. The molecule has 0 unspecified atom stereocenters. The maximum absolute atomic E-state index is 12.8. The van der Waals surface area contributed by atoms with Crippen molar-refractivity contribution in [3.05, 3.63) is 59.2 Å². The van der Waals surface area contributed by atoms with Gasteiger partial charge in [0.25, 0.3) is 0 Å². The molecule has 0 bridgehead atoms. The van der Waals surface area contributed by atoms with Gasteiger partial charge in [0.2, 0.25) is 10.0 Å². The molecule has 0 spiro atoms. The predicted octanol–water partition coefficient (Wildman–Crippen LogP) is 2.61. The maximum Gasteiger partial charge on any atom is 0.338 e. The Bertz CT molecular complexity index is 860. The first-order chi connectivity index (χ1) is 11.8. The molecule has 0 saturated carbocycles. The Kier molecular flexibility index (Phi) is 5.81. The zero-order chi connectivity index (χ0) is 18.6. The highest BCUT2D eigenvalue weighted by atomic mass is 32.2. The molecule has 25 heavy (non-hydrogen) atoms. The van der Waals surface area contributed by atoms with Crippen molar-refractivity contribution in [2.45, 2.75) is 18.4 Å². The Morgan fingerprint density at radius 2 is 1.72 bits per heavy atom. The largest absolute Gasteiger partial charge is 0.497 e. The Labute approximate surface area is 148 Å². The summed E-state index contributed by atoms with van der Waals surface area (Å²) in [4.78, 5) is 11.8. The van der Waals surface area contributed by atoms with Gasteiger partial charge in [0.15, 0.2) is 0 Å². The average Bonchev–Trinajstić information content (AvgIpc) is 2.61. The minimum atomic E-state index is -3.74. The number of hydrogen-bond donors (Lipinski definition) is 0. The maximum atomic E-state index is 12.8. The van der Waals surface area contributed by atoms with Crippen LogP contribution < -0.4 is 4.74 Å². The summed E-state index contributed by atoms with van der Waals surface area (Å²) in [7, 11) is 0.592. The summed E-state index contributed by atoms with van der Waals surface area (Å²) in [5.41, 5.74) is 1.72. The molecule has 0 heterocycles. The number of methoxy groups -OCH3 is 2. The van der Waals surface area contributed by atoms with Crippen LogP contribution in [-0.4, -0.2) is 40.0 Å². The van der Waals surface area contributed by atoms with Gasteiger partial charge in [-0.15, -0.1) is 0 Å². The summed E-state index contributed by atoms with van der Waals surface area (Å²) in [5, 5.41) is 0. The van der Waals surface area contributed by atoms with Gasteiger partial charge in [0.05, 0.1) is 24.7 Å². The van der Waals surface area contributed by atoms with Crippen molar-refractivity contribution >= 4 is 16.0 Å². The molecule has 0 aliphatic rings. The van der Waals surface area contributed by atoms with E-state index < -0.39 is 16.0 Å². The molecule has 134 valence electrons. The number of rotatable bonds is 6. The van der Waals surface area contributed by atoms with Crippen LogP contribution in [0, 0.1) is 6.92 Å². The fourth-order valence-corrected chi connectivity index (χ4v) is 3.53. The van der Waals surface area contributed by atoms with E-state index in [2.05, 4.69) is 0 Å². The molecule has 2 aromatic rings. The number of aryl methyl sites for hydroxylation is 1. The number of esters is 1. The predicted molar refractivity (Wildman–Crippen MR) is 94.2 cm³/mol. The van der Waals surface area contributed by atoms with Crippen LogP contribution in [0.25, 0.3) is 0 Å². The monoisotopic (exact) mass is 363 g/mol. The fourth-order valence-electron chi connectivity index (χ4n) is 2.34. The molecule has 0 aliphatic carbocycles. The zero-order valence-corrected chi connectivity index (χ0v) is 15.5. The van der Waals surface area contributed by atoms with Gasteiger partial charge in [-0.1, -0.05) is 18.2 Å². The van der Waals surface area contributed by atoms with Gasteiger partial charge in [0.1, 0.15) is 5.75 Å². The van der Waals surface area contributed by atoms with Gasteiger partial charge >= 0.3 is 5.97 Å². The second kappa shape index (κ2) is 7.67. The number of carbonyl (C=O) groups is 1. The van der Waals surface area contributed by atoms with E-state index in [1.807, 2.05) is 0 Å². The van der Waals surface area contributed by atoms with Crippen LogP contribution in [0.15, 0.2) is 47.4 Å². The smallest absolute Gasteiger partial charge is 0.338 e. The highest BCUT2D eigenvalue weighted by Crippen LogP contribution is 2.21. The number of benzene rings is 2. The SMILES string of the molecule is COC(=O)c1cc(S(=O)(=O)N(C)Cc2ccc(OC)cc2)ccc1C. The van der Waals surface area contributed by atoms with Crippen LogP contribution in [-0.2, 0) is 21.3 Å². The first kappa shape index (κ1) is 19.0. The van der Waals surface area contributed by atoms with E-state index in [1.54, 1.807) is 44.4 Å². The van der Waals surface area contributed by atoms with Gasteiger partial charge in [0, 0.05) is 13.6 Å². The Hall–Kier alpha value is -2.38. The minimum absolute atomic E-state index is 0.0505. The van der Waals surface area contributed by atoms with E-state index in [9.17, 15) is 13.2 Å². The summed E-state index contributed by atoms with van der Waals surface area (Å²) in [6.45, 7) is 1.93. The lowest BCUT2D eigenvalue weighted by Gasteiger charge is -2.18. The highest BCUT2D eigenvalue weighted by molar-refractivity contribution is 7.89. The van der Waals surface area contributed by atoms with Gasteiger partial charge < -0.3 is 9.47 Å². The Morgan fingerprint density at radius 1 is 1.08 bits per heavy atom. The summed E-state index contributed by atoms with van der Waals surface area (Å²) >= 11 is 0. The molecule has 0 aromatic heterocycles. The molecule has 0 atom stereocenters. The van der Waals surface area contributed by atoms with Crippen molar-refractivity contribution in [1.29, 1.82) is 0 Å². The molecule has 7 heteroatoms. The Balaban J connectivity index is 2.29. The summed E-state index contributed by atoms with van der Waals surface area (Å²) in [6.07, 6.45) is 0. The normalized spacial score (nSPS) is 11.4. The number of nitrogens with zero attached hydrogens (tertiary/aromatic N) is 1. The third kappa shape index (κ3) is 4.18. The van der Waals surface area contributed by atoms with Crippen LogP contribution in [0.1, 0.15) is 21.5 Å². The molecule has 0 aliphatic heterocycles. The third-order valence-electron chi connectivity index (χ3n) is 3.89. The van der Waals surface area contributed by atoms with E-state index in [1.165, 1.54) is 30.6 Å². The fraction of sp³-hybridized carbons (Fsp3) is 0.278. The number of sulfonamides is 1. The van der Waals surface area contributed by atoms with Gasteiger partial charge in [-0.25, -0.2) is 13.2 Å². The molecule has 2 rings (SSSR count). The van der Waals surface area contributed by atoms with Crippen LogP contribution in [0.3, 0.4) is 0 Å². The van der Waals surface area contributed by atoms with Gasteiger partial charge in [-0.2, -0.15) is 4.31 Å². The highest BCUT2D eigenvalue weighted by Gasteiger charge is 2.23. The lowest BCUT2D eigenvalue weighted by atomic mass is 10.1. The molecular weight excluding hydrogens is 342 g/mol. The lowest BCUT2D eigenvalue weighted by molar-refractivity contribution is 0.0599. The van der Waals surface area contributed by atoms with Crippen molar-refractivity contribution < 1.29 is 22.7 Å². The molecule has 0 fully saturated rings. The van der Waals surface area contributed by atoms with Crippen molar-refractivity contribution in [2.75, 3.05) is 21.3 Å². The van der Waals surface area contributed by atoms with E-state index in [-0.39, 0.29) is 17.0 Å². The van der Waals surface area contributed by atoms with E-state index in [0.29, 0.717) is 11.3 Å². The van der Waals surface area contributed by atoms with Crippen molar-refractivity contribution in [2.24, 2.45) is 0 Å². The number of hydrogen-bond acceptors (Lipinski definition) is 5. The second-order valence-corrected chi connectivity index (χ2v) is 7.62. The first-order valence-electron chi connectivity index (χ1n) is 7.58. The molecule has 2 aromatic carbocycles. The first-order valence-corrected chi connectivity index (χ1v) is 9.02. The van der Waals surface area contributed by atoms with Gasteiger partial charge in [-0.05, 0) is 42.3 Å². The number of carbonyl (C=O) groups excluding carboxylic acids is 1. The zero-order valence-electron chi connectivity index (χ0n) is 14.6. The average molecular weight is 363 g/mol. The summed E-state index contributed by atoms with van der Waals surface area (Å²) < 4.78 is 36.6. The van der Waals surface area contributed by atoms with E-state index >= 15 is 0 Å². The van der Waals surface area contributed by atoms with Crippen molar-refractivity contribution in [1.82, 2.24) is 4.31 Å². The van der Waals surface area contributed by atoms with Gasteiger partial charge in [-0.3, -0.25) is 0 Å². The van der Waals surface area contributed by atoms with E-state index in [0.717, 1.165) is 5.56 Å². The molecule has 6 nitrogen and oxygen atoms in total. The molecule has 0 saturated heterocycles. The van der Waals surface area contributed by atoms with Crippen molar-refractivity contribution in [3.63, 3.8) is 0 Å². The minimum Gasteiger partial charge on any atom is -0.497 e. The molecule has 0 radical (unpaired) electrons. The second-order valence-electron chi connectivity index (χ2n) is 5.58. The summed E-state index contributed by atoms with van der Waals surface area (Å²) in [6, 6.07) is 11.6. The Morgan fingerprint density at radius 3 is 2.28 bits per heavy atom. The number of ether oxygens (including phenoxy) is 2. The van der Waals surface area contributed by atoms with Crippen LogP contribution in [0.5, 0.6) is 5.75 Å². The quantitative estimate of drug-likeness (QED) is 0.738. The standard InChI is InChI=1S/C18H21NO5S/c1-13-5-10-16(11-17(13)18(20)24-4)25(21,22)19(2)12-14-6-8-15(23-3)9-7-14/h5-11H,12H2,1-4H3. The van der Waals surface area contributed by atoms with E-state index in [4.69, 9.17) is 9.47 Å². The van der Waals surface area contributed by atoms with Crippen LogP contribution in [0.2, 0.25) is 0 Å². The molecule has 0 N–H and O–H groups in total. The lowest BCUT2D eigenvalue weighted by Crippen LogP contribution is -2.26. The van der Waals surface area contributed by atoms with Crippen LogP contribution in [0.4, 0.5) is 0 Å². The van der Waals surface area contributed by atoms with Crippen LogP contribution >= 0.6 is 0 Å². The third-order valence-corrected chi connectivity index (χ3v) is 5.69. The molecular formula is C18H21NO5S. The van der Waals surface area contributed by atoms with Crippen molar-refractivity contribution in [3.8, 4) is 5.75 Å². The molecule has 0 amide bonds. The topological polar surface area (TPSA) is 72.9 Å².